The van der Waals surface area contributed by atoms with Gasteiger partial charge in [-0.3, -0.25) is 14.9 Å². The van der Waals surface area contributed by atoms with Gasteiger partial charge in [-0.1, -0.05) is 18.2 Å². The molecule has 0 radical (unpaired) electrons. The maximum atomic E-state index is 11.8. The highest BCUT2D eigenvalue weighted by Crippen LogP contribution is 2.29. The second kappa shape index (κ2) is 7.95. The Bertz CT molecular complexity index is 644. The van der Waals surface area contributed by atoms with Gasteiger partial charge in [-0.25, -0.2) is 0 Å². The number of nitro benzene ring substituents is 1. The van der Waals surface area contributed by atoms with Gasteiger partial charge in [0.1, 0.15) is 0 Å². The third-order valence-electron chi connectivity index (χ3n) is 3.05. The number of carbonyl (C=O) groups excluding carboxylic acids is 1. The number of hydrogen-bond acceptors (Lipinski definition) is 5. The largest absolute Gasteiger partial charge is 0.350 e. The van der Waals surface area contributed by atoms with Crippen molar-refractivity contribution < 1.29 is 9.72 Å². The van der Waals surface area contributed by atoms with E-state index in [2.05, 4.69) is 5.32 Å². The molecule has 0 aliphatic carbocycles. The Hall–Kier alpha value is -1.86. The fourth-order valence-corrected chi connectivity index (χ4v) is 3.33. The minimum atomic E-state index is -0.408. The summed E-state index contributed by atoms with van der Waals surface area (Å²) in [5, 5.41) is 15.6. The van der Waals surface area contributed by atoms with E-state index >= 15 is 0 Å². The third kappa shape index (κ3) is 4.85. The van der Waals surface area contributed by atoms with Gasteiger partial charge in [0.25, 0.3) is 5.69 Å². The van der Waals surface area contributed by atoms with Crippen LogP contribution in [0.1, 0.15) is 22.6 Å². The number of hydrogen-bond donors (Lipinski definition) is 1. The van der Waals surface area contributed by atoms with Crippen LogP contribution in [0.2, 0.25) is 0 Å². The molecule has 22 heavy (non-hydrogen) atoms. The van der Waals surface area contributed by atoms with Crippen LogP contribution in [0.4, 0.5) is 5.69 Å². The summed E-state index contributed by atoms with van der Waals surface area (Å²) in [5.41, 5.74) is 0.928. The van der Waals surface area contributed by atoms with Gasteiger partial charge in [0.05, 0.1) is 17.2 Å². The molecule has 0 saturated heterocycles. The molecule has 0 bridgehead atoms. The van der Waals surface area contributed by atoms with E-state index in [4.69, 9.17) is 0 Å². The van der Waals surface area contributed by atoms with Crippen LogP contribution in [-0.4, -0.2) is 16.6 Å². The first-order valence-electron chi connectivity index (χ1n) is 6.71. The fourth-order valence-electron chi connectivity index (χ4n) is 1.84. The van der Waals surface area contributed by atoms with Crippen LogP contribution in [0.15, 0.2) is 41.8 Å². The molecule has 0 unspecified atom stereocenters. The number of thiophene rings is 1. The number of nitrogens with one attached hydrogen (secondary N) is 1. The highest BCUT2D eigenvalue weighted by molar-refractivity contribution is 8.00. The SMILES string of the molecule is C[C@H](SCC(=O)NCc1cccs1)c1cccc([N+](=O)[O-])c1. The van der Waals surface area contributed by atoms with E-state index in [0.717, 1.165) is 10.4 Å². The maximum Gasteiger partial charge on any atom is 0.269 e. The Morgan fingerprint density at radius 2 is 2.23 bits per heavy atom. The summed E-state index contributed by atoms with van der Waals surface area (Å²) in [6, 6.07) is 10.5. The van der Waals surface area contributed by atoms with Crippen molar-refractivity contribution in [3.63, 3.8) is 0 Å². The van der Waals surface area contributed by atoms with Crippen LogP contribution >= 0.6 is 23.1 Å². The summed E-state index contributed by atoms with van der Waals surface area (Å²) < 4.78 is 0. The summed E-state index contributed by atoms with van der Waals surface area (Å²) in [7, 11) is 0. The molecule has 0 aliphatic heterocycles. The molecule has 2 rings (SSSR count). The van der Waals surface area contributed by atoms with Crippen molar-refractivity contribution in [3.8, 4) is 0 Å². The lowest BCUT2D eigenvalue weighted by atomic mass is 10.1. The van der Waals surface area contributed by atoms with Gasteiger partial charge in [-0.15, -0.1) is 23.1 Å². The third-order valence-corrected chi connectivity index (χ3v) is 5.13. The van der Waals surface area contributed by atoms with Gasteiger partial charge >= 0.3 is 0 Å². The van der Waals surface area contributed by atoms with Crippen molar-refractivity contribution in [1.29, 1.82) is 0 Å². The van der Waals surface area contributed by atoms with Crippen molar-refractivity contribution in [2.45, 2.75) is 18.7 Å². The zero-order chi connectivity index (χ0) is 15.9. The number of carbonyl (C=O) groups is 1. The van der Waals surface area contributed by atoms with Crippen molar-refractivity contribution in [3.05, 3.63) is 62.3 Å². The van der Waals surface area contributed by atoms with E-state index in [1.54, 1.807) is 23.5 Å². The summed E-state index contributed by atoms with van der Waals surface area (Å²) in [6.07, 6.45) is 0. The standard InChI is InChI=1S/C15H16N2O3S2/c1-11(12-4-2-5-13(8-12)17(19)20)22-10-15(18)16-9-14-6-3-7-21-14/h2-8,11H,9-10H2,1H3,(H,16,18)/t11-/m0/s1. The lowest BCUT2D eigenvalue weighted by Gasteiger charge is -2.11. The normalized spacial score (nSPS) is 11.9. The van der Waals surface area contributed by atoms with E-state index in [1.165, 1.54) is 17.8 Å². The summed E-state index contributed by atoms with van der Waals surface area (Å²) in [5.74, 6) is 0.297. The molecule has 0 aliphatic rings. The van der Waals surface area contributed by atoms with E-state index in [-0.39, 0.29) is 16.8 Å². The highest BCUT2D eigenvalue weighted by atomic mass is 32.2. The van der Waals surface area contributed by atoms with Gasteiger partial charge in [0, 0.05) is 22.3 Å². The summed E-state index contributed by atoms with van der Waals surface area (Å²) in [6.45, 7) is 2.48. The molecule has 116 valence electrons. The maximum absolute atomic E-state index is 11.8. The predicted molar refractivity (Wildman–Crippen MR) is 90.1 cm³/mol. The topological polar surface area (TPSA) is 72.2 Å². The van der Waals surface area contributed by atoms with Crippen molar-refractivity contribution in [1.82, 2.24) is 5.32 Å². The molecular weight excluding hydrogens is 320 g/mol. The average molecular weight is 336 g/mol. The summed E-state index contributed by atoms with van der Waals surface area (Å²) in [4.78, 5) is 23.3. The molecule has 0 fully saturated rings. The quantitative estimate of drug-likeness (QED) is 0.617. The number of non-ortho nitro benzene ring substituents is 1. The first-order valence-corrected chi connectivity index (χ1v) is 8.64. The molecular formula is C15H16N2O3S2. The minimum absolute atomic E-state index is 0.0207. The molecule has 5 nitrogen and oxygen atoms in total. The smallest absolute Gasteiger partial charge is 0.269 e. The zero-order valence-corrected chi connectivity index (χ0v) is 13.7. The second-order valence-corrected chi connectivity index (χ2v) is 7.02. The summed E-state index contributed by atoms with van der Waals surface area (Å²) >= 11 is 3.07. The van der Waals surface area contributed by atoms with Crippen LogP contribution in [0.25, 0.3) is 0 Å². The molecule has 1 aromatic carbocycles. The molecule has 0 spiro atoms. The van der Waals surface area contributed by atoms with E-state index < -0.39 is 4.92 Å². The number of nitrogens with zero attached hydrogens (tertiary/aromatic N) is 1. The van der Waals surface area contributed by atoms with Crippen molar-refractivity contribution in [2.24, 2.45) is 0 Å². The van der Waals surface area contributed by atoms with Crippen LogP contribution in [0.3, 0.4) is 0 Å². The number of benzene rings is 1. The second-order valence-electron chi connectivity index (χ2n) is 4.66. The first-order chi connectivity index (χ1) is 10.6. The molecule has 1 aromatic heterocycles. The number of amides is 1. The van der Waals surface area contributed by atoms with Crippen molar-refractivity contribution >= 4 is 34.7 Å². The van der Waals surface area contributed by atoms with Gasteiger partial charge in [-0.05, 0) is 23.9 Å². The zero-order valence-electron chi connectivity index (χ0n) is 12.0. The van der Waals surface area contributed by atoms with Crippen LogP contribution in [0.5, 0.6) is 0 Å². The highest BCUT2D eigenvalue weighted by Gasteiger charge is 2.13. The van der Waals surface area contributed by atoms with Gasteiger partial charge in [0.2, 0.25) is 5.91 Å². The van der Waals surface area contributed by atoms with Crippen LogP contribution in [0, 0.1) is 10.1 Å². The van der Waals surface area contributed by atoms with E-state index in [1.807, 2.05) is 30.5 Å². The van der Waals surface area contributed by atoms with Gasteiger partial charge < -0.3 is 5.32 Å². The molecule has 2 aromatic rings. The number of thioether (sulfide) groups is 1. The lowest BCUT2D eigenvalue weighted by Crippen LogP contribution is -2.24. The molecule has 7 heteroatoms. The van der Waals surface area contributed by atoms with Crippen LogP contribution in [-0.2, 0) is 11.3 Å². The average Bonchev–Trinajstić information content (AvgIpc) is 3.04. The van der Waals surface area contributed by atoms with Gasteiger partial charge in [-0.2, -0.15) is 0 Å². The van der Waals surface area contributed by atoms with E-state index in [0.29, 0.717) is 12.3 Å². The Kier molecular flexibility index (Phi) is 5.97. The van der Waals surface area contributed by atoms with Crippen molar-refractivity contribution in [2.75, 3.05) is 5.75 Å². The number of nitro groups is 1. The molecule has 1 atom stereocenters. The molecule has 1 N–H and O–H groups in total. The predicted octanol–water partition coefficient (Wildman–Crippen LogP) is 3.77. The Morgan fingerprint density at radius 3 is 2.91 bits per heavy atom. The minimum Gasteiger partial charge on any atom is -0.350 e. The Labute approximate surface area is 136 Å². The molecule has 1 heterocycles. The monoisotopic (exact) mass is 336 g/mol. The van der Waals surface area contributed by atoms with Gasteiger partial charge in [0.15, 0.2) is 0 Å². The number of rotatable bonds is 7. The molecule has 1 amide bonds. The Balaban J connectivity index is 1.81. The molecule has 0 saturated carbocycles. The Morgan fingerprint density at radius 1 is 1.41 bits per heavy atom. The fraction of sp³-hybridized carbons (Fsp3) is 0.267. The first kappa shape index (κ1) is 16.5. The van der Waals surface area contributed by atoms with Crippen LogP contribution < -0.4 is 5.32 Å². The lowest BCUT2D eigenvalue weighted by molar-refractivity contribution is -0.384. The van der Waals surface area contributed by atoms with E-state index in [9.17, 15) is 14.9 Å².